The van der Waals surface area contributed by atoms with Gasteiger partial charge in [0.15, 0.2) is 11.8 Å². The van der Waals surface area contributed by atoms with Crippen LogP contribution in [-0.2, 0) is 18.4 Å². The quantitative estimate of drug-likeness (QED) is 0.579. The molecule has 4 rings (SSSR count). The van der Waals surface area contributed by atoms with E-state index in [1.165, 1.54) is 0 Å². The molecule has 1 aliphatic heterocycles. The Morgan fingerprint density at radius 3 is 2.83 bits per heavy atom. The van der Waals surface area contributed by atoms with Gasteiger partial charge in [0.05, 0.1) is 13.1 Å². The van der Waals surface area contributed by atoms with Crippen molar-refractivity contribution < 1.29 is 4.39 Å². The van der Waals surface area contributed by atoms with Gasteiger partial charge in [0.1, 0.15) is 11.6 Å². The molecule has 29 heavy (non-hydrogen) atoms. The summed E-state index contributed by atoms with van der Waals surface area (Å²) >= 11 is 0. The van der Waals surface area contributed by atoms with Crippen LogP contribution in [0, 0.1) is 5.82 Å². The molecule has 0 saturated heterocycles. The summed E-state index contributed by atoms with van der Waals surface area (Å²) < 4.78 is 16.3. The molecule has 1 unspecified atom stereocenters. The standard InChI is InChI=1S/C22H31FN6/c1-4-24-21(25-14-22(11-12-22)17-7-5-6-8-18(17)23)26-16-9-10-19-27-20(15(2)3)28-29(19)13-16/h5-8,15-16H,4,9-14H2,1-3H3,(H2,24,25,26). The Morgan fingerprint density at radius 2 is 2.14 bits per heavy atom. The maximum absolute atomic E-state index is 14.3. The van der Waals surface area contributed by atoms with Crippen LogP contribution in [-0.4, -0.2) is 39.9 Å². The number of nitrogens with zero attached hydrogens (tertiary/aromatic N) is 4. The highest BCUT2D eigenvalue weighted by Gasteiger charge is 2.45. The van der Waals surface area contributed by atoms with E-state index in [-0.39, 0.29) is 17.3 Å². The molecule has 2 N–H and O–H groups in total. The number of nitrogens with one attached hydrogen (secondary N) is 2. The van der Waals surface area contributed by atoms with Crippen molar-refractivity contribution in [1.82, 2.24) is 25.4 Å². The minimum atomic E-state index is -0.147. The summed E-state index contributed by atoms with van der Waals surface area (Å²) in [5.41, 5.74) is 0.650. The van der Waals surface area contributed by atoms with E-state index < -0.39 is 0 Å². The SMILES string of the molecule is CCNC(=NCC1(c2ccccc2F)CC1)NC1CCc2nc(C(C)C)nn2C1. The van der Waals surface area contributed by atoms with Crippen LogP contribution in [0.25, 0.3) is 0 Å². The lowest BCUT2D eigenvalue weighted by atomic mass is 9.95. The van der Waals surface area contributed by atoms with E-state index in [1.54, 1.807) is 12.1 Å². The lowest BCUT2D eigenvalue weighted by Crippen LogP contribution is -2.47. The average Bonchev–Trinajstić information content (AvgIpc) is 3.36. The molecule has 0 bridgehead atoms. The fraction of sp³-hybridized carbons (Fsp3) is 0.591. The molecule has 1 aromatic heterocycles. The van der Waals surface area contributed by atoms with E-state index in [9.17, 15) is 4.39 Å². The molecular formula is C22H31FN6. The molecule has 2 heterocycles. The maximum atomic E-state index is 14.3. The molecule has 1 atom stereocenters. The first kappa shape index (κ1) is 19.9. The number of hydrogen-bond acceptors (Lipinski definition) is 3. The van der Waals surface area contributed by atoms with Crippen LogP contribution in [0.5, 0.6) is 0 Å². The molecule has 1 fully saturated rings. The van der Waals surface area contributed by atoms with Gasteiger partial charge in [-0.2, -0.15) is 5.10 Å². The lowest BCUT2D eigenvalue weighted by Gasteiger charge is -2.26. The van der Waals surface area contributed by atoms with Gasteiger partial charge in [-0.15, -0.1) is 0 Å². The van der Waals surface area contributed by atoms with Crippen molar-refractivity contribution in [3.63, 3.8) is 0 Å². The van der Waals surface area contributed by atoms with Gasteiger partial charge in [-0.1, -0.05) is 32.0 Å². The summed E-state index contributed by atoms with van der Waals surface area (Å²) in [4.78, 5) is 9.49. The highest BCUT2D eigenvalue weighted by Crippen LogP contribution is 2.49. The van der Waals surface area contributed by atoms with Crippen LogP contribution >= 0.6 is 0 Å². The minimum Gasteiger partial charge on any atom is -0.357 e. The van der Waals surface area contributed by atoms with Gasteiger partial charge in [0, 0.05) is 30.3 Å². The number of hydrogen-bond donors (Lipinski definition) is 2. The summed E-state index contributed by atoms with van der Waals surface area (Å²) in [7, 11) is 0. The molecule has 2 aromatic rings. The molecule has 156 valence electrons. The van der Waals surface area contributed by atoms with Crippen molar-refractivity contribution in [2.75, 3.05) is 13.1 Å². The Kier molecular flexibility index (Phi) is 5.56. The number of fused-ring (bicyclic) bond motifs is 1. The highest BCUT2D eigenvalue weighted by atomic mass is 19.1. The van der Waals surface area contributed by atoms with Crippen LogP contribution in [0.2, 0.25) is 0 Å². The number of halogens is 1. The molecule has 2 aliphatic rings. The zero-order valence-electron chi connectivity index (χ0n) is 17.6. The molecule has 6 nitrogen and oxygen atoms in total. The Hall–Kier alpha value is -2.44. The lowest BCUT2D eigenvalue weighted by molar-refractivity contribution is 0.391. The van der Waals surface area contributed by atoms with Gasteiger partial charge >= 0.3 is 0 Å². The first-order chi connectivity index (χ1) is 14.0. The summed E-state index contributed by atoms with van der Waals surface area (Å²) in [5.74, 6) is 3.01. The zero-order chi connectivity index (χ0) is 20.4. The molecule has 7 heteroatoms. The predicted octanol–water partition coefficient (Wildman–Crippen LogP) is 3.14. The number of aliphatic imine (C=N–C) groups is 1. The van der Waals surface area contributed by atoms with Crippen molar-refractivity contribution in [2.24, 2.45) is 4.99 Å². The average molecular weight is 399 g/mol. The first-order valence-corrected chi connectivity index (χ1v) is 10.7. The smallest absolute Gasteiger partial charge is 0.191 e. The number of aryl methyl sites for hydroxylation is 1. The van der Waals surface area contributed by atoms with Crippen LogP contribution in [0.15, 0.2) is 29.3 Å². The summed E-state index contributed by atoms with van der Waals surface area (Å²) in [6.45, 7) is 8.48. The van der Waals surface area contributed by atoms with E-state index in [0.29, 0.717) is 12.5 Å². The van der Waals surface area contributed by atoms with Gasteiger partial charge in [-0.25, -0.2) is 14.1 Å². The summed E-state index contributed by atoms with van der Waals surface area (Å²) in [6.07, 6.45) is 3.89. The third-order valence-electron chi connectivity index (χ3n) is 5.91. The number of aromatic nitrogens is 3. The van der Waals surface area contributed by atoms with Gasteiger partial charge in [-0.05, 0) is 37.8 Å². The van der Waals surface area contributed by atoms with E-state index >= 15 is 0 Å². The topological polar surface area (TPSA) is 67.1 Å². The van der Waals surface area contributed by atoms with Gasteiger partial charge in [0.2, 0.25) is 0 Å². The molecule has 1 aromatic carbocycles. The Labute approximate surface area is 172 Å². The van der Waals surface area contributed by atoms with Crippen LogP contribution < -0.4 is 10.6 Å². The number of guanidine groups is 1. The minimum absolute atomic E-state index is 0.120. The van der Waals surface area contributed by atoms with Crippen molar-refractivity contribution in [1.29, 1.82) is 0 Å². The summed E-state index contributed by atoms with van der Waals surface area (Å²) in [6, 6.07) is 7.36. The van der Waals surface area contributed by atoms with E-state index in [0.717, 1.165) is 61.9 Å². The second kappa shape index (κ2) is 8.13. The summed E-state index contributed by atoms with van der Waals surface area (Å²) in [5, 5.41) is 11.6. The third-order valence-corrected chi connectivity index (χ3v) is 5.91. The van der Waals surface area contributed by atoms with Crippen LogP contribution in [0.1, 0.15) is 63.2 Å². The molecular weight excluding hydrogens is 367 g/mol. The van der Waals surface area contributed by atoms with Gasteiger partial charge in [0.25, 0.3) is 0 Å². The second-order valence-corrected chi connectivity index (χ2v) is 8.56. The molecule has 1 saturated carbocycles. The van der Waals surface area contributed by atoms with Gasteiger partial charge < -0.3 is 10.6 Å². The number of rotatable bonds is 6. The maximum Gasteiger partial charge on any atom is 0.191 e. The number of benzene rings is 1. The Balaban J connectivity index is 1.44. The van der Waals surface area contributed by atoms with Crippen LogP contribution in [0.4, 0.5) is 4.39 Å². The van der Waals surface area contributed by atoms with Crippen LogP contribution in [0.3, 0.4) is 0 Å². The molecule has 0 radical (unpaired) electrons. The predicted molar refractivity (Wildman–Crippen MR) is 113 cm³/mol. The van der Waals surface area contributed by atoms with E-state index in [4.69, 9.17) is 4.99 Å². The van der Waals surface area contributed by atoms with E-state index in [2.05, 4.69) is 41.5 Å². The van der Waals surface area contributed by atoms with Crippen molar-refractivity contribution in [3.05, 3.63) is 47.3 Å². The monoisotopic (exact) mass is 398 g/mol. The van der Waals surface area contributed by atoms with Crippen molar-refractivity contribution in [3.8, 4) is 0 Å². The van der Waals surface area contributed by atoms with Crippen molar-refractivity contribution >= 4 is 5.96 Å². The molecule has 1 aliphatic carbocycles. The highest BCUT2D eigenvalue weighted by molar-refractivity contribution is 5.80. The van der Waals surface area contributed by atoms with E-state index in [1.807, 2.05) is 16.8 Å². The fourth-order valence-corrected chi connectivity index (χ4v) is 3.99. The fourth-order valence-electron chi connectivity index (χ4n) is 3.99. The van der Waals surface area contributed by atoms with Crippen molar-refractivity contribution in [2.45, 2.75) is 70.4 Å². The first-order valence-electron chi connectivity index (χ1n) is 10.7. The normalized spacial score (nSPS) is 20.4. The molecule has 0 spiro atoms. The van der Waals surface area contributed by atoms with Gasteiger partial charge in [-0.3, -0.25) is 4.99 Å². The Bertz CT molecular complexity index is 883. The third kappa shape index (κ3) is 4.28. The second-order valence-electron chi connectivity index (χ2n) is 8.56. The Morgan fingerprint density at radius 1 is 1.34 bits per heavy atom. The molecule has 0 amide bonds. The largest absolute Gasteiger partial charge is 0.357 e. The zero-order valence-corrected chi connectivity index (χ0v) is 17.6.